The Morgan fingerprint density at radius 3 is 1.98 bits per heavy atom. The first-order chi connectivity index (χ1) is 29.3. The lowest BCUT2D eigenvalue weighted by atomic mass is 9.67. The first kappa shape index (κ1) is 32.6. The first-order valence-corrected chi connectivity index (χ1v) is 20.6. The van der Waals surface area contributed by atoms with Gasteiger partial charge in [0.1, 0.15) is 22.7 Å². The van der Waals surface area contributed by atoms with Gasteiger partial charge < -0.3 is 9.15 Å². The Morgan fingerprint density at radius 2 is 1.14 bits per heavy atom. The Balaban J connectivity index is 1.00. The van der Waals surface area contributed by atoms with Crippen LogP contribution in [0.5, 0.6) is 11.5 Å². The molecule has 2 heterocycles. The summed E-state index contributed by atoms with van der Waals surface area (Å²) in [6.07, 6.45) is 6.61. The Hall–Kier alpha value is -7.42. The largest absolute Gasteiger partial charge is 0.456 e. The van der Waals surface area contributed by atoms with Crippen LogP contribution >= 0.6 is 0 Å². The molecule has 0 radical (unpaired) electrons. The highest BCUT2D eigenvalue weighted by Crippen LogP contribution is 2.59. The van der Waals surface area contributed by atoms with Gasteiger partial charge in [0.2, 0.25) is 0 Å². The number of furan rings is 1. The molecule has 0 saturated heterocycles. The fourth-order valence-corrected chi connectivity index (χ4v) is 10.7. The lowest BCUT2D eigenvalue weighted by Gasteiger charge is -2.34. The average molecular weight is 753 g/mol. The summed E-state index contributed by atoms with van der Waals surface area (Å²) in [6.45, 7) is 0. The zero-order chi connectivity index (χ0) is 38.7. The van der Waals surface area contributed by atoms with E-state index in [0.717, 1.165) is 46.5 Å². The highest BCUT2D eigenvalue weighted by atomic mass is 16.5. The molecule has 0 N–H and O–H groups in total. The van der Waals surface area contributed by atoms with Crippen molar-refractivity contribution in [1.82, 2.24) is 0 Å². The van der Waals surface area contributed by atoms with E-state index in [0.29, 0.717) is 0 Å². The number of fused-ring (bicyclic) bond motifs is 9. The first-order valence-electron chi connectivity index (χ1n) is 20.6. The molecule has 2 heteroatoms. The molecule has 0 atom stereocenters. The van der Waals surface area contributed by atoms with Gasteiger partial charge >= 0.3 is 0 Å². The number of rotatable bonds is 4. The second-order valence-corrected chi connectivity index (χ2v) is 16.2. The van der Waals surface area contributed by atoms with Gasteiger partial charge in [0.15, 0.2) is 0 Å². The van der Waals surface area contributed by atoms with E-state index in [1.807, 2.05) is 0 Å². The van der Waals surface area contributed by atoms with Gasteiger partial charge in [-0.25, -0.2) is 0 Å². The maximum Gasteiger partial charge on any atom is 0.136 e. The number of allylic oxidation sites excluding steroid dienone is 1. The van der Waals surface area contributed by atoms with Crippen molar-refractivity contribution in [2.45, 2.75) is 18.3 Å². The minimum absolute atomic E-state index is 0.456. The zero-order valence-electron chi connectivity index (χ0n) is 32.2. The molecule has 0 bridgehead atoms. The summed E-state index contributed by atoms with van der Waals surface area (Å²) < 4.78 is 13.3. The van der Waals surface area contributed by atoms with Gasteiger partial charge in [-0.15, -0.1) is 0 Å². The monoisotopic (exact) mass is 752 g/mol. The van der Waals surface area contributed by atoms with Crippen LogP contribution < -0.4 is 4.74 Å². The predicted octanol–water partition coefficient (Wildman–Crippen LogP) is 15.2. The molecule has 0 saturated carbocycles. The van der Waals surface area contributed by atoms with Crippen LogP contribution in [0.3, 0.4) is 0 Å². The molecular formula is C57H36O2. The molecule has 3 aliphatic rings. The van der Waals surface area contributed by atoms with E-state index in [-0.39, 0.29) is 0 Å². The molecule has 10 aromatic rings. The lowest BCUT2D eigenvalue weighted by Crippen LogP contribution is -2.28. The molecule has 1 aliphatic heterocycles. The van der Waals surface area contributed by atoms with Crippen molar-refractivity contribution in [2.24, 2.45) is 0 Å². The van der Waals surface area contributed by atoms with Crippen LogP contribution in [0, 0.1) is 0 Å². The van der Waals surface area contributed by atoms with Gasteiger partial charge in [0, 0.05) is 21.7 Å². The minimum Gasteiger partial charge on any atom is -0.456 e. The van der Waals surface area contributed by atoms with E-state index in [9.17, 15) is 0 Å². The van der Waals surface area contributed by atoms with Gasteiger partial charge in [0.05, 0.1) is 5.41 Å². The highest BCUT2D eigenvalue weighted by Gasteiger charge is 2.46. The number of aryl methyl sites for hydroxylation is 1. The average Bonchev–Trinajstić information content (AvgIpc) is 3.82. The van der Waals surface area contributed by atoms with Crippen LogP contribution in [0.1, 0.15) is 39.8 Å². The zero-order valence-corrected chi connectivity index (χ0v) is 32.2. The van der Waals surface area contributed by atoms with Crippen molar-refractivity contribution in [3.8, 4) is 56.0 Å². The second kappa shape index (κ2) is 12.3. The maximum atomic E-state index is 6.81. The Kier molecular flexibility index (Phi) is 6.80. The second-order valence-electron chi connectivity index (χ2n) is 16.2. The van der Waals surface area contributed by atoms with Crippen molar-refractivity contribution in [3.05, 3.63) is 221 Å². The van der Waals surface area contributed by atoms with Gasteiger partial charge in [-0.2, -0.15) is 0 Å². The van der Waals surface area contributed by atoms with Gasteiger partial charge in [-0.1, -0.05) is 158 Å². The van der Waals surface area contributed by atoms with Crippen molar-refractivity contribution in [1.29, 1.82) is 0 Å². The SMILES string of the molecule is C1=Cc2cc3oc4cccc(-c5ccc6c7c(cccc57)-c5cc(-c7cccc8c7-c7ccccc7C8(c7ccccc7)c7ccccc7)ccc5O6)c4c3cc2CC1. The molecular weight excluding hydrogens is 717 g/mol. The molecule has 276 valence electrons. The van der Waals surface area contributed by atoms with Gasteiger partial charge in [0.25, 0.3) is 0 Å². The molecule has 2 aliphatic carbocycles. The van der Waals surface area contributed by atoms with Crippen LogP contribution in [-0.2, 0) is 11.8 Å². The molecule has 0 fully saturated rings. The molecule has 0 amide bonds. The van der Waals surface area contributed by atoms with Crippen LogP contribution in [0.2, 0.25) is 0 Å². The van der Waals surface area contributed by atoms with Crippen molar-refractivity contribution in [3.63, 3.8) is 0 Å². The molecule has 59 heavy (non-hydrogen) atoms. The van der Waals surface area contributed by atoms with E-state index < -0.39 is 5.41 Å². The Morgan fingerprint density at radius 1 is 0.441 bits per heavy atom. The summed E-state index contributed by atoms with van der Waals surface area (Å²) in [5.74, 6) is 1.76. The Bertz CT molecular complexity index is 3360. The topological polar surface area (TPSA) is 22.4 Å². The van der Waals surface area contributed by atoms with Gasteiger partial charge in [-0.3, -0.25) is 0 Å². The maximum absolute atomic E-state index is 6.81. The van der Waals surface area contributed by atoms with Crippen LogP contribution in [-0.4, -0.2) is 0 Å². The summed E-state index contributed by atoms with van der Waals surface area (Å²) in [4.78, 5) is 0. The summed E-state index contributed by atoms with van der Waals surface area (Å²) in [6, 6.07) is 66.8. The molecule has 1 aromatic heterocycles. The summed E-state index contributed by atoms with van der Waals surface area (Å²) in [7, 11) is 0. The number of ether oxygens (including phenoxy) is 1. The molecule has 0 unspecified atom stereocenters. The van der Waals surface area contributed by atoms with E-state index >= 15 is 0 Å². The number of benzene rings is 9. The normalized spacial score (nSPS) is 14.2. The van der Waals surface area contributed by atoms with E-state index in [1.54, 1.807) is 0 Å². The van der Waals surface area contributed by atoms with Crippen LogP contribution in [0.15, 0.2) is 192 Å². The van der Waals surface area contributed by atoms with Crippen molar-refractivity contribution >= 4 is 38.8 Å². The molecule has 0 spiro atoms. The van der Waals surface area contributed by atoms with E-state index in [1.165, 1.54) is 88.5 Å². The third kappa shape index (κ3) is 4.52. The molecule has 2 nitrogen and oxygen atoms in total. The number of hydrogen-bond acceptors (Lipinski definition) is 2. The quantitative estimate of drug-likeness (QED) is 0.179. The summed E-state index contributed by atoms with van der Waals surface area (Å²) in [5.41, 5.74) is 18.8. The fourth-order valence-electron chi connectivity index (χ4n) is 10.7. The molecule has 13 rings (SSSR count). The smallest absolute Gasteiger partial charge is 0.136 e. The summed E-state index contributed by atoms with van der Waals surface area (Å²) in [5, 5.41) is 4.65. The van der Waals surface area contributed by atoms with Gasteiger partial charge in [-0.05, 0) is 127 Å². The lowest BCUT2D eigenvalue weighted by molar-refractivity contribution is 0.487. The third-order valence-corrected chi connectivity index (χ3v) is 13.2. The van der Waals surface area contributed by atoms with E-state index in [4.69, 9.17) is 9.15 Å². The van der Waals surface area contributed by atoms with Crippen molar-refractivity contribution < 1.29 is 9.15 Å². The predicted molar refractivity (Wildman–Crippen MR) is 242 cm³/mol. The highest BCUT2D eigenvalue weighted by molar-refractivity contribution is 6.18. The third-order valence-electron chi connectivity index (χ3n) is 13.2. The fraction of sp³-hybridized carbons (Fsp3) is 0.0526. The standard InChI is InChI=1S/C57H36O2/c1-3-16-38(17-4-1)57(39-18-5-2-6-19-39)48-25-10-9-20-45(48)54-40(21-12-26-49(54)57)37-28-30-50-46(33-37)44-23-11-22-42-41(29-31-52(58-50)55(42)44)43-24-13-27-51-56(43)47-32-35-14-7-8-15-36(35)34-53(47)59-51/h1-6,8-13,15-34H,7,14H2. The van der Waals surface area contributed by atoms with Crippen LogP contribution in [0.25, 0.3) is 83.3 Å². The van der Waals surface area contributed by atoms with Crippen LogP contribution in [0.4, 0.5) is 0 Å². The minimum atomic E-state index is -0.456. The molecule has 9 aromatic carbocycles. The summed E-state index contributed by atoms with van der Waals surface area (Å²) >= 11 is 0. The van der Waals surface area contributed by atoms with Crippen molar-refractivity contribution in [2.75, 3.05) is 0 Å². The number of hydrogen-bond donors (Lipinski definition) is 0. The Labute approximate surface area is 342 Å². The van der Waals surface area contributed by atoms with E-state index in [2.05, 4.69) is 194 Å².